The molecule has 3 aromatic rings. The summed E-state index contributed by atoms with van der Waals surface area (Å²) in [6, 6.07) is 13.5. The molecule has 1 amide bonds. The smallest absolute Gasteiger partial charge is 0.269 e. The third kappa shape index (κ3) is 4.74. The third-order valence-electron chi connectivity index (χ3n) is 4.12. The van der Waals surface area contributed by atoms with Crippen LogP contribution < -0.4 is 15.6 Å². The van der Waals surface area contributed by atoms with E-state index >= 15 is 0 Å². The first-order chi connectivity index (χ1) is 13.2. The zero-order valence-corrected chi connectivity index (χ0v) is 16.2. The maximum absolute atomic E-state index is 12.5. The van der Waals surface area contributed by atoms with Crippen LogP contribution in [-0.2, 0) is 21.4 Å². The van der Waals surface area contributed by atoms with Crippen molar-refractivity contribution in [3.63, 3.8) is 0 Å². The monoisotopic (exact) mass is 400 g/mol. The summed E-state index contributed by atoms with van der Waals surface area (Å²) < 4.78 is 26.5. The van der Waals surface area contributed by atoms with Gasteiger partial charge in [-0.15, -0.1) is 0 Å². The number of carbonyl (C=O) groups excluding carboxylic acids is 1. The lowest BCUT2D eigenvalue weighted by atomic mass is 10.1. The Balaban J connectivity index is 1.76. The second-order valence-electron chi connectivity index (χ2n) is 6.46. The molecule has 0 saturated carbocycles. The molecule has 1 atom stereocenters. The maximum Gasteiger partial charge on any atom is 0.269 e. The first-order valence-corrected chi connectivity index (χ1v) is 10.4. The fraction of sp³-hybridized carbons (Fsp3) is 0.211. The normalized spacial score (nSPS) is 12.5. The Morgan fingerprint density at radius 1 is 1.18 bits per heavy atom. The highest BCUT2D eigenvalue weighted by Crippen LogP contribution is 2.18. The number of rotatable bonds is 6. The van der Waals surface area contributed by atoms with Crippen LogP contribution in [0.1, 0.15) is 18.5 Å². The van der Waals surface area contributed by atoms with E-state index in [0.717, 1.165) is 11.8 Å². The summed E-state index contributed by atoms with van der Waals surface area (Å²) >= 11 is 0. The van der Waals surface area contributed by atoms with Gasteiger partial charge in [-0.1, -0.05) is 24.3 Å². The number of sulfonamides is 1. The van der Waals surface area contributed by atoms with Gasteiger partial charge in [0.1, 0.15) is 6.54 Å². The molecular weight excluding hydrogens is 380 g/mol. The van der Waals surface area contributed by atoms with Gasteiger partial charge in [0.2, 0.25) is 15.9 Å². The Hall–Kier alpha value is -3.20. The minimum Gasteiger partial charge on any atom is -0.348 e. The molecule has 146 valence electrons. The van der Waals surface area contributed by atoms with Crippen LogP contribution >= 0.6 is 0 Å². The van der Waals surface area contributed by atoms with Gasteiger partial charge in [0, 0.05) is 5.69 Å². The lowest BCUT2D eigenvalue weighted by molar-refractivity contribution is -0.122. The number of hydrogen-bond donors (Lipinski definition) is 2. The van der Waals surface area contributed by atoms with Crippen molar-refractivity contribution in [1.29, 1.82) is 0 Å². The highest BCUT2D eigenvalue weighted by atomic mass is 32.2. The van der Waals surface area contributed by atoms with E-state index in [1.54, 1.807) is 49.4 Å². The largest absolute Gasteiger partial charge is 0.348 e. The highest BCUT2D eigenvalue weighted by molar-refractivity contribution is 7.92. The molecule has 0 saturated heterocycles. The third-order valence-corrected chi connectivity index (χ3v) is 4.73. The molecule has 0 aliphatic carbocycles. The summed E-state index contributed by atoms with van der Waals surface area (Å²) in [4.78, 5) is 28.7. The van der Waals surface area contributed by atoms with Crippen molar-refractivity contribution in [2.24, 2.45) is 0 Å². The Labute approximate surface area is 162 Å². The molecule has 0 bridgehead atoms. The Bertz CT molecular complexity index is 1190. The molecule has 0 aliphatic rings. The molecule has 0 fully saturated rings. The van der Waals surface area contributed by atoms with Gasteiger partial charge < -0.3 is 5.32 Å². The van der Waals surface area contributed by atoms with Gasteiger partial charge in [0.05, 0.1) is 29.5 Å². The number of nitrogens with one attached hydrogen (secondary N) is 2. The summed E-state index contributed by atoms with van der Waals surface area (Å²) in [6.07, 6.45) is 2.26. The molecule has 2 N–H and O–H groups in total. The Morgan fingerprint density at radius 2 is 1.93 bits per heavy atom. The fourth-order valence-corrected chi connectivity index (χ4v) is 3.43. The minimum atomic E-state index is -3.39. The van der Waals surface area contributed by atoms with E-state index in [2.05, 4.69) is 15.0 Å². The molecule has 1 unspecified atom stereocenters. The van der Waals surface area contributed by atoms with Crippen molar-refractivity contribution in [3.8, 4) is 0 Å². The van der Waals surface area contributed by atoms with Crippen LogP contribution in [0.4, 0.5) is 5.69 Å². The van der Waals surface area contributed by atoms with E-state index in [1.807, 2.05) is 6.07 Å². The predicted octanol–water partition coefficient (Wildman–Crippen LogP) is 1.65. The summed E-state index contributed by atoms with van der Waals surface area (Å²) in [6.45, 7) is 1.64. The van der Waals surface area contributed by atoms with Crippen LogP contribution in [0.15, 0.2) is 59.5 Å². The Kier molecular flexibility index (Phi) is 5.46. The average Bonchev–Trinajstić information content (AvgIpc) is 2.63. The van der Waals surface area contributed by atoms with E-state index in [9.17, 15) is 18.0 Å². The standard InChI is InChI=1S/C19H20N4O4S/c1-13(14-6-5-7-15(10-14)22-28(2,26)27)21-18(24)12-23-17-9-4-3-8-16(17)20-11-19(23)25/h3-11,13,22H,12H2,1-2H3,(H,21,24). The van der Waals surface area contributed by atoms with Gasteiger partial charge in [-0.05, 0) is 36.8 Å². The first-order valence-electron chi connectivity index (χ1n) is 8.54. The van der Waals surface area contributed by atoms with Crippen LogP contribution in [0.25, 0.3) is 11.0 Å². The van der Waals surface area contributed by atoms with Gasteiger partial charge in [0.25, 0.3) is 5.56 Å². The van der Waals surface area contributed by atoms with Gasteiger partial charge in [-0.3, -0.25) is 18.9 Å². The van der Waals surface area contributed by atoms with E-state index in [1.165, 1.54) is 10.8 Å². The second-order valence-corrected chi connectivity index (χ2v) is 8.21. The number of aromatic nitrogens is 2. The summed E-state index contributed by atoms with van der Waals surface area (Å²) in [5, 5.41) is 2.83. The lowest BCUT2D eigenvalue weighted by Gasteiger charge is -2.16. The molecule has 2 aromatic carbocycles. The summed E-state index contributed by atoms with van der Waals surface area (Å²) in [5.41, 5.74) is 1.99. The molecule has 0 spiro atoms. The number of anilines is 1. The number of nitrogens with zero attached hydrogens (tertiary/aromatic N) is 2. The molecule has 1 heterocycles. The van der Waals surface area contributed by atoms with Crippen molar-refractivity contribution in [1.82, 2.24) is 14.9 Å². The van der Waals surface area contributed by atoms with Crippen LogP contribution in [0.2, 0.25) is 0 Å². The van der Waals surface area contributed by atoms with Crippen LogP contribution in [-0.4, -0.2) is 30.1 Å². The Morgan fingerprint density at radius 3 is 2.68 bits per heavy atom. The van der Waals surface area contributed by atoms with Crippen molar-refractivity contribution in [2.45, 2.75) is 19.5 Å². The summed E-state index contributed by atoms with van der Waals surface area (Å²) in [7, 11) is -3.39. The quantitative estimate of drug-likeness (QED) is 0.654. The van der Waals surface area contributed by atoms with Gasteiger partial charge in [-0.2, -0.15) is 0 Å². The number of benzene rings is 2. The van der Waals surface area contributed by atoms with Crippen LogP contribution in [0.3, 0.4) is 0 Å². The topological polar surface area (TPSA) is 110 Å². The lowest BCUT2D eigenvalue weighted by Crippen LogP contribution is -2.34. The zero-order valence-electron chi connectivity index (χ0n) is 15.4. The summed E-state index contributed by atoms with van der Waals surface area (Å²) in [5.74, 6) is -0.340. The molecule has 1 aromatic heterocycles. The molecule has 0 aliphatic heterocycles. The number of para-hydroxylation sites is 2. The maximum atomic E-state index is 12.5. The van der Waals surface area contributed by atoms with Crippen molar-refractivity contribution < 1.29 is 13.2 Å². The van der Waals surface area contributed by atoms with Gasteiger partial charge in [-0.25, -0.2) is 13.4 Å². The highest BCUT2D eigenvalue weighted by Gasteiger charge is 2.13. The molecule has 8 nitrogen and oxygen atoms in total. The number of hydrogen-bond acceptors (Lipinski definition) is 5. The van der Waals surface area contributed by atoms with Crippen molar-refractivity contribution >= 4 is 32.7 Å². The van der Waals surface area contributed by atoms with Crippen LogP contribution in [0.5, 0.6) is 0 Å². The van der Waals surface area contributed by atoms with Crippen LogP contribution in [0, 0.1) is 0 Å². The molecular formula is C19H20N4O4S. The molecule has 0 radical (unpaired) electrons. The first kappa shape index (κ1) is 19.6. The van der Waals surface area contributed by atoms with E-state index in [4.69, 9.17) is 0 Å². The second kappa shape index (κ2) is 7.81. The fourth-order valence-electron chi connectivity index (χ4n) is 2.88. The number of fused-ring (bicyclic) bond motifs is 1. The van der Waals surface area contributed by atoms with Gasteiger partial charge in [0.15, 0.2) is 0 Å². The van der Waals surface area contributed by atoms with Crippen molar-refractivity contribution in [3.05, 3.63) is 70.6 Å². The van der Waals surface area contributed by atoms with E-state index < -0.39 is 10.0 Å². The SMILES string of the molecule is CC(NC(=O)Cn1c(=O)cnc2ccccc21)c1cccc(NS(C)(=O)=O)c1. The number of carbonyl (C=O) groups is 1. The predicted molar refractivity (Wildman–Crippen MR) is 107 cm³/mol. The zero-order chi connectivity index (χ0) is 20.3. The van der Waals surface area contributed by atoms with E-state index in [-0.39, 0.29) is 24.1 Å². The van der Waals surface area contributed by atoms with Crippen molar-refractivity contribution in [2.75, 3.05) is 11.0 Å². The molecule has 3 rings (SSSR count). The molecule has 28 heavy (non-hydrogen) atoms. The minimum absolute atomic E-state index is 0.145. The average molecular weight is 400 g/mol. The molecule has 9 heteroatoms. The number of amides is 1. The van der Waals surface area contributed by atoms with Gasteiger partial charge >= 0.3 is 0 Å². The van der Waals surface area contributed by atoms with E-state index in [0.29, 0.717) is 16.7 Å².